The zero-order valence-electron chi connectivity index (χ0n) is 12.7. The Bertz CT molecular complexity index is 607. The highest BCUT2D eigenvalue weighted by Gasteiger charge is 2.14. The third-order valence-corrected chi connectivity index (χ3v) is 4.32. The van der Waals surface area contributed by atoms with E-state index in [4.69, 9.17) is 5.11 Å². The van der Waals surface area contributed by atoms with Crippen LogP contribution >= 0.6 is 0 Å². The fourth-order valence-corrected chi connectivity index (χ4v) is 2.91. The van der Waals surface area contributed by atoms with Crippen LogP contribution in [0.15, 0.2) is 35.2 Å². The van der Waals surface area contributed by atoms with Gasteiger partial charge in [-0.15, -0.1) is 0 Å². The van der Waals surface area contributed by atoms with E-state index in [9.17, 15) is 13.2 Å². The summed E-state index contributed by atoms with van der Waals surface area (Å²) >= 11 is 0. The summed E-state index contributed by atoms with van der Waals surface area (Å²) in [5.74, 6) is -0.258. The summed E-state index contributed by atoms with van der Waals surface area (Å²) in [7, 11) is -3.50. The van der Waals surface area contributed by atoms with Crippen LogP contribution in [0.4, 0.5) is 0 Å². The van der Waals surface area contributed by atoms with Crippen LogP contribution in [0.1, 0.15) is 25.8 Å². The van der Waals surface area contributed by atoms with E-state index in [1.165, 1.54) is 18.2 Å². The summed E-state index contributed by atoms with van der Waals surface area (Å²) in [6.07, 6.45) is 3.47. The molecule has 0 bridgehead atoms. The normalized spacial score (nSPS) is 12.0. The largest absolute Gasteiger partial charge is 0.396 e. The minimum atomic E-state index is -3.50. The Kier molecular flexibility index (Phi) is 7.23. The molecule has 22 heavy (non-hydrogen) atoms. The van der Waals surface area contributed by atoms with Crippen molar-refractivity contribution < 1.29 is 18.3 Å². The molecular weight excluding hydrogens is 304 g/mol. The van der Waals surface area contributed by atoms with Crippen molar-refractivity contribution in [2.24, 2.45) is 0 Å². The predicted octanol–water partition coefficient (Wildman–Crippen LogP) is 0.885. The highest BCUT2D eigenvalue weighted by atomic mass is 32.2. The number of amides is 1. The number of aliphatic hydroxyl groups excluding tert-OH is 1. The lowest BCUT2D eigenvalue weighted by Gasteiger charge is -2.09. The lowest BCUT2D eigenvalue weighted by Crippen LogP contribution is -2.30. The maximum absolute atomic E-state index is 12.0. The van der Waals surface area contributed by atoms with Gasteiger partial charge in [0.25, 0.3) is 0 Å². The van der Waals surface area contributed by atoms with Gasteiger partial charge in [0.2, 0.25) is 15.9 Å². The number of benzene rings is 1. The molecule has 1 aromatic rings. The van der Waals surface area contributed by atoms with Gasteiger partial charge < -0.3 is 10.4 Å². The average molecular weight is 326 g/mol. The van der Waals surface area contributed by atoms with Gasteiger partial charge >= 0.3 is 0 Å². The van der Waals surface area contributed by atoms with Gasteiger partial charge in [0, 0.05) is 25.3 Å². The molecule has 1 amide bonds. The molecule has 1 rings (SSSR count). The third-order valence-electron chi connectivity index (χ3n) is 2.64. The predicted molar refractivity (Wildman–Crippen MR) is 85.6 cm³/mol. The highest BCUT2D eigenvalue weighted by molar-refractivity contribution is 7.89. The van der Waals surface area contributed by atoms with Crippen molar-refractivity contribution in [3.8, 4) is 0 Å². The zero-order chi connectivity index (χ0) is 16.6. The summed E-state index contributed by atoms with van der Waals surface area (Å²) in [6.45, 7) is 3.95. The summed E-state index contributed by atoms with van der Waals surface area (Å²) in [5.41, 5.74) is 0.723. The lowest BCUT2D eigenvalue weighted by molar-refractivity contribution is -0.116. The molecule has 0 aliphatic carbocycles. The molecule has 1 aromatic carbocycles. The van der Waals surface area contributed by atoms with E-state index < -0.39 is 10.0 Å². The SMILES string of the molecule is CC(C)NS(=O)(=O)c1ccc(/C=C/C(=O)NCCCO)cc1. The van der Waals surface area contributed by atoms with E-state index in [0.717, 1.165) is 5.56 Å². The fourth-order valence-electron chi connectivity index (χ4n) is 1.66. The number of aliphatic hydroxyl groups is 1. The van der Waals surface area contributed by atoms with Gasteiger partial charge in [0.05, 0.1) is 4.90 Å². The van der Waals surface area contributed by atoms with Crippen molar-refractivity contribution in [2.75, 3.05) is 13.2 Å². The Balaban J connectivity index is 2.67. The van der Waals surface area contributed by atoms with Crippen molar-refractivity contribution in [3.05, 3.63) is 35.9 Å². The Hall–Kier alpha value is -1.70. The second-order valence-electron chi connectivity index (χ2n) is 5.05. The Morgan fingerprint density at radius 3 is 2.45 bits per heavy atom. The van der Waals surface area contributed by atoms with Crippen LogP contribution in [-0.4, -0.2) is 38.6 Å². The highest BCUT2D eigenvalue weighted by Crippen LogP contribution is 2.12. The molecule has 7 heteroatoms. The molecule has 0 aromatic heterocycles. The van der Waals surface area contributed by atoms with Gasteiger partial charge in [-0.25, -0.2) is 13.1 Å². The summed E-state index contributed by atoms with van der Waals surface area (Å²) in [5, 5.41) is 11.2. The van der Waals surface area contributed by atoms with E-state index in [2.05, 4.69) is 10.0 Å². The molecule has 0 heterocycles. The number of rotatable bonds is 8. The fraction of sp³-hybridized carbons (Fsp3) is 0.400. The van der Waals surface area contributed by atoms with Crippen LogP contribution in [0.3, 0.4) is 0 Å². The maximum atomic E-state index is 12.0. The van der Waals surface area contributed by atoms with Crippen LogP contribution in [0.5, 0.6) is 0 Å². The van der Waals surface area contributed by atoms with Crippen molar-refractivity contribution in [2.45, 2.75) is 31.2 Å². The molecule has 0 saturated carbocycles. The van der Waals surface area contributed by atoms with E-state index in [-0.39, 0.29) is 23.5 Å². The van der Waals surface area contributed by atoms with E-state index in [1.807, 2.05) is 0 Å². The average Bonchev–Trinajstić information content (AvgIpc) is 2.44. The number of hydrogen-bond donors (Lipinski definition) is 3. The first-order chi connectivity index (χ1) is 10.3. The van der Waals surface area contributed by atoms with Crippen molar-refractivity contribution in [1.29, 1.82) is 0 Å². The molecule has 0 spiro atoms. The van der Waals surface area contributed by atoms with Crippen molar-refractivity contribution in [1.82, 2.24) is 10.0 Å². The minimum absolute atomic E-state index is 0.0321. The molecule has 3 N–H and O–H groups in total. The smallest absolute Gasteiger partial charge is 0.244 e. The van der Waals surface area contributed by atoms with Crippen molar-refractivity contribution in [3.63, 3.8) is 0 Å². The zero-order valence-corrected chi connectivity index (χ0v) is 13.6. The quantitative estimate of drug-likeness (QED) is 0.488. The summed E-state index contributed by atoms with van der Waals surface area (Å²) in [4.78, 5) is 11.6. The lowest BCUT2D eigenvalue weighted by atomic mass is 10.2. The number of sulfonamides is 1. The van der Waals surface area contributed by atoms with Crippen LogP contribution in [0, 0.1) is 0 Å². The maximum Gasteiger partial charge on any atom is 0.244 e. The van der Waals surface area contributed by atoms with E-state index in [0.29, 0.717) is 13.0 Å². The molecule has 0 atom stereocenters. The first-order valence-electron chi connectivity index (χ1n) is 7.04. The summed E-state index contributed by atoms with van der Waals surface area (Å²) in [6, 6.07) is 6.08. The Labute approximate surface area is 131 Å². The van der Waals surface area contributed by atoms with E-state index in [1.54, 1.807) is 32.1 Å². The van der Waals surface area contributed by atoms with Gasteiger partial charge in [-0.1, -0.05) is 12.1 Å². The number of carbonyl (C=O) groups excluding carboxylic acids is 1. The monoisotopic (exact) mass is 326 g/mol. The third kappa shape index (κ3) is 6.38. The van der Waals surface area contributed by atoms with Crippen LogP contribution in [0.25, 0.3) is 6.08 Å². The van der Waals surface area contributed by atoms with Gasteiger partial charge in [-0.05, 0) is 44.0 Å². The Morgan fingerprint density at radius 2 is 1.91 bits per heavy atom. The molecule has 0 aliphatic rings. The standard InChI is InChI=1S/C15H22N2O4S/c1-12(2)17-22(20,21)14-7-4-13(5-8-14)6-9-15(19)16-10-3-11-18/h4-9,12,17-18H,3,10-11H2,1-2H3,(H,16,19)/b9-6+. The number of hydrogen-bond acceptors (Lipinski definition) is 4. The molecule has 0 unspecified atom stereocenters. The molecule has 6 nitrogen and oxygen atoms in total. The minimum Gasteiger partial charge on any atom is -0.396 e. The second kappa shape index (κ2) is 8.67. The Morgan fingerprint density at radius 1 is 1.27 bits per heavy atom. The van der Waals surface area contributed by atoms with Gasteiger partial charge in [-0.3, -0.25) is 4.79 Å². The van der Waals surface area contributed by atoms with E-state index >= 15 is 0 Å². The first kappa shape index (κ1) is 18.3. The second-order valence-corrected chi connectivity index (χ2v) is 6.76. The van der Waals surface area contributed by atoms with Crippen LogP contribution in [-0.2, 0) is 14.8 Å². The molecule has 0 saturated heterocycles. The summed E-state index contributed by atoms with van der Waals surface area (Å²) < 4.78 is 26.4. The van der Waals surface area contributed by atoms with Crippen molar-refractivity contribution >= 4 is 22.0 Å². The molecule has 0 radical (unpaired) electrons. The molecular formula is C15H22N2O4S. The van der Waals surface area contributed by atoms with Gasteiger partial charge in [0.15, 0.2) is 0 Å². The first-order valence-corrected chi connectivity index (χ1v) is 8.52. The van der Waals surface area contributed by atoms with Crippen LogP contribution in [0.2, 0.25) is 0 Å². The van der Waals surface area contributed by atoms with Crippen LogP contribution < -0.4 is 10.0 Å². The number of carbonyl (C=O) groups is 1. The topological polar surface area (TPSA) is 95.5 Å². The molecule has 0 fully saturated rings. The molecule has 122 valence electrons. The molecule has 0 aliphatic heterocycles. The van der Waals surface area contributed by atoms with Gasteiger partial charge in [-0.2, -0.15) is 0 Å². The number of nitrogens with one attached hydrogen (secondary N) is 2. The van der Waals surface area contributed by atoms with Gasteiger partial charge in [0.1, 0.15) is 0 Å².